The maximum absolute atomic E-state index is 9.72. The minimum Gasteiger partial charge on any atom is -0.390 e. The maximum atomic E-state index is 9.72. The van der Waals surface area contributed by atoms with Crippen molar-refractivity contribution in [2.45, 2.75) is 38.9 Å². The van der Waals surface area contributed by atoms with Crippen LogP contribution in [0.4, 0.5) is 0 Å². The molecule has 2 nitrogen and oxygen atoms in total. The van der Waals surface area contributed by atoms with Gasteiger partial charge in [0.2, 0.25) is 0 Å². The summed E-state index contributed by atoms with van der Waals surface area (Å²) >= 11 is 0. The molecule has 60 valence electrons. The lowest BCUT2D eigenvalue weighted by molar-refractivity contribution is -0.000837. The van der Waals surface area contributed by atoms with E-state index in [1.165, 1.54) is 0 Å². The van der Waals surface area contributed by atoms with E-state index in [0.717, 1.165) is 13.0 Å². The molecule has 0 radical (unpaired) electrons. The van der Waals surface area contributed by atoms with E-state index in [2.05, 4.69) is 0 Å². The molecule has 0 bridgehead atoms. The Morgan fingerprint density at radius 3 is 2.50 bits per heavy atom. The van der Waals surface area contributed by atoms with Gasteiger partial charge in [-0.1, -0.05) is 13.8 Å². The number of epoxide rings is 1. The van der Waals surface area contributed by atoms with E-state index in [-0.39, 0.29) is 0 Å². The number of aliphatic hydroxyl groups is 1. The normalized spacial score (nSPS) is 30.3. The van der Waals surface area contributed by atoms with Crippen molar-refractivity contribution in [2.75, 3.05) is 6.61 Å². The number of hydrogen-bond donors (Lipinski definition) is 1. The monoisotopic (exact) mass is 144 g/mol. The zero-order chi connectivity index (χ0) is 7.78. The molecule has 0 amide bonds. The highest BCUT2D eigenvalue weighted by atomic mass is 16.6. The summed E-state index contributed by atoms with van der Waals surface area (Å²) in [5.74, 6) is 0.316. The standard InChI is InChI=1S/C8H16O2/c1-6(2)8(3,9)4-7-5-10-7/h6-7,9H,4-5H2,1-3H3/t7-,8+/m1/s1. The minimum absolute atomic E-state index is 0.316. The molecule has 1 heterocycles. The molecule has 0 unspecified atom stereocenters. The number of hydrogen-bond acceptors (Lipinski definition) is 2. The van der Waals surface area contributed by atoms with E-state index in [4.69, 9.17) is 4.74 Å². The van der Waals surface area contributed by atoms with Gasteiger partial charge in [-0.15, -0.1) is 0 Å². The van der Waals surface area contributed by atoms with Crippen LogP contribution in [-0.2, 0) is 4.74 Å². The largest absolute Gasteiger partial charge is 0.390 e. The summed E-state index contributed by atoms with van der Waals surface area (Å²) in [6, 6.07) is 0. The highest BCUT2D eigenvalue weighted by molar-refractivity contribution is 4.84. The summed E-state index contributed by atoms with van der Waals surface area (Å²) in [6.07, 6.45) is 1.11. The van der Waals surface area contributed by atoms with Gasteiger partial charge in [0.05, 0.1) is 18.3 Å². The fourth-order valence-corrected chi connectivity index (χ4v) is 0.883. The first-order valence-corrected chi connectivity index (χ1v) is 3.86. The molecule has 0 spiro atoms. The van der Waals surface area contributed by atoms with Gasteiger partial charge >= 0.3 is 0 Å². The molecule has 0 saturated carbocycles. The Morgan fingerprint density at radius 1 is 1.70 bits per heavy atom. The second-order valence-corrected chi connectivity index (χ2v) is 3.67. The fraction of sp³-hybridized carbons (Fsp3) is 1.00. The van der Waals surface area contributed by atoms with Crippen LogP contribution in [0.5, 0.6) is 0 Å². The van der Waals surface area contributed by atoms with E-state index in [9.17, 15) is 5.11 Å². The highest BCUT2D eigenvalue weighted by Crippen LogP contribution is 2.27. The van der Waals surface area contributed by atoms with Crippen molar-refractivity contribution in [3.8, 4) is 0 Å². The van der Waals surface area contributed by atoms with Crippen molar-refractivity contribution < 1.29 is 9.84 Å². The van der Waals surface area contributed by atoms with Crippen molar-refractivity contribution >= 4 is 0 Å². The summed E-state index contributed by atoms with van der Waals surface area (Å²) in [5, 5.41) is 9.72. The molecule has 2 atom stereocenters. The zero-order valence-electron chi connectivity index (χ0n) is 6.92. The van der Waals surface area contributed by atoms with Crippen molar-refractivity contribution in [2.24, 2.45) is 5.92 Å². The molecular formula is C8H16O2. The van der Waals surface area contributed by atoms with E-state index >= 15 is 0 Å². The average molecular weight is 144 g/mol. The predicted molar refractivity (Wildman–Crippen MR) is 39.8 cm³/mol. The van der Waals surface area contributed by atoms with Crippen LogP contribution >= 0.6 is 0 Å². The Balaban J connectivity index is 2.33. The molecule has 1 aliphatic heterocycles. The lowest BCUT2D eigenvalue weighted by Crippen LogP contribution is -2.32. The van der Waals surface area contributed by atoms with Crippen LogP contribution in [0.25, 0.3) is 0 Å². The first-order valence-electron chi connectivity index (χ1n) is 3.86. The molecule has 0 aromatic rings. The van der Waals surface area contributed by atoms with Gasteiger partial charge in [-0.2, -0.15) is 0 Å². The number of rotatable bonds is 3. The Hall–Kier alpha value is -0.0800. The Kier molecular flexibility index (Phi) is 2.02. The second kappa shape index (κ2) is 2.51. The highest BCUT2D eigenvalue weighted by Gasteiger charge is 2.34. The first-order chi connectivity index (χ1) is 4.52. The molecule has 1 saturated heterocycles. The van der Waals surface area contributed by atoms with Crippen LogP contribution in [0.15, 0.2) is 0 Å². The lowest BCUT2D eigenvalue weighted by atomic mass is 9.88. The predicted octanol–water partition coefficient (Wildman–Crippen LogP) is 1.18. The molecule has 1 N–H and O–H groups in total. The summed E-state index contributed by atoms with van der Waals surface area (Å²) in [7, 11) is 0. The SMILES string of the molecule is CC(C)[C@@](C)(O)C[C@@H]1CO1. The van der Waals surface area contributed by atoms with E-state index in [1.807, 2.05) is 20.8 Å². The summed E-state index contributed by atoms with van der Waals surface area (Å²) < 4.78 is 5.03. The van der Waals surface area contributed by atoms with Gasteiger partial charge in [-0.3, -0.25) is 0 Å². The lowest BCUT2D eigenvalue weighted by Gasteiger charge is -2.26. The number of ether oxygens (including phenoxy) is 1. The quantitative estimate of drug-likeness (QED) is 0.603. The molecule has 1 fully saturated rings. The van der Waals surface area contributed by atoms with Gasteiger partial charge in [0.1, 0.15) is 0 Å². The molecule has 1 aliphatic rings. The molecule has 10 heavy (non-hydrogen) atoms. The Labute approximate surface area is 62.2 Å². The Bertz CT molecular complexity index is 114. The molecule has 0 aromatic carbocycles. The summed E-state index contributed by atoms with van der Waals surface area (Å²) in [5.41, 5.74) is -0.541. The van der Waals surface area contributed by atoms with Gasteiger partial charge in [0.25, 0.3) is 0 Å². The van der Waals surface area contributed by atoms with E-state index in [1.54, 1.807) is 0 Å². The van der Waals surface area contributed by atoms with E-state index in [0.29, 0.717) is 12.0 Å². The van der Waals surface area contributed by atoms with Crippen LogP contribution < -0.4 is 0 Å². The first kappa shape index (κ1) is 8.02. The Morgan fingerprint density at radius 2 is 2.20 bits per heavy atom. The van der Waals surface area contributed by atoms with Crippen molar-refractivity contribution in [1.29, 1.82) is 0 Å². The van der Waals surface area contributed by atoms with Crippen molar-refractivity contribution in [3.63, 3.8) is 0 Å². The smallest absolute Gasteiger partial charge is 0.0837 e. The van der Waals surface area contributed by atoms with Gasteiger partial charge in [0.15, 0.2) is 0 Å². The fourth-order valence-electron chi connectivity index (χ4n) is 0.883. The van der Waals surface area contributed by atoms with E-state index < -0.39 is 5.60 Å². The second-order valence-electron chi connectivity index (χ2n) is 3.67. The minimum atomic E-state index is -0.541. The van der Waals surface area contributed by atoms with Gasteiger partial charge in [-0.25, -0.2) is 0 Å². The van der Waals surface area contributed by atoms with Crippen molar-refractivity contribution in [3.05, 3.63) is 0 Å². The molecule has 1 rings (SSSR count). The van der Waals surface area contributed by atoms with Crippen LogP contribution in [0.2, 0.25) is 0 Å². The third kappa shape index (κ3) is 1.96. The van der Waals surface area contributed by atoms with Gasteiger partial charge in [-0.05, 0) is 12.8 Å². The topological polar surface area (TPSA) is 32.8 Å². The summed E-state index contributed by atoms with van der Waals surface area (Å²) in [6.45, 7) is 6.77. The van der Waals surface area contributed by atoms with Crippen LogP contribution in [-0.4, -0.2) is 23.4 Å². The zero-order valence-corrected chi connectivity index (χ0v) is 6.92. The molecule has 0 aromatic heterocycles. The molecular weight excluding hydrogens is 128 g/mol. The molecule has 0 aliphatic carbocycles. The summed E-state index contributed by atoms with van der Waals surface area (Å²) in [4.78, 5) is 0. The molecule has 2 heteroatoms. The van der Waals surface area contributed by atoms with Crippen LogP contribution in [0.3, 0.4) is 0 Å². The third-order valence-corrected chi connectivity index (χ3v) is 2.29. The third-order valence-electron chi connectivity index (χ3n) is 2.29. The maximum Gasteiger partial charge on any atom is 0.0837 e. The van der Waals surface area contributed by atoms with Crippen molar-refractivity contribution in [1.82, 2.24) is 0 Å². The average Bonchev–Trinajstić information content (AvgIpc) is 2.48. The van der Waals surface area contributed by atoms with Gasteiger partial charge < -0.3 is 9.84 Å². The van der Waals surface area contributed by atoms with Gasteiger partial charge in [0, 0.05) is 6.42 Å². The van der Waals surface area contributed by atoms with Crippen LogP contribution in [0, 0.1) is 5.92 Å². The van der Waals surface area contributed by atoms with Crippen LogP contribution in [0.1, 0.15) is 27.2 Å².